The number of fused-ring (bicyclic) bond motifs is 1. The van der Waals surface area contributed by atoms with Crippen molar-refractivity contribution in [2.75, 3.05) is 18.4 Å². The maximum absolute atomic E-state index is 13.7. The number of nitrogens with one attached hydrogen (secondary N) is 1. The quantitative estimate of drug-likeness (QED) is 0.844. The molecule has 1 N–H and O–H groups in total. The third-order valence-corrected chi connectivity index (χ3v) is 5.87. The highest BCUT2D eigenvalue weighted by atomic mass is 19.4. The molecule has 158 valence electrons. The van der Waals surface area contributed by atoms with Crippen LogP contribution in [0.5, 0.6) is 0 Å². The van der Waals surface area contributed by atoms with Gasteiger partial charge in [-0.3, -0.25) is 9.48 Å². The van der Waals surface area contributed by atoms with Crippen LogP contribution in [0, 0.1) is 5.92 Å². The number of anilines is 1. The van der Waals surface area contributed by atoms with Crippen LogP contribution in [0.1, 0.15) is 54.8 Å². The van der Waals surface area contributed by atoms with Gasteiger partial charge >= 0.3 is 6.18 Å². The molecular weight excluding hydrogens is 385 g/mol. The minimum atomic E-state index is -4.36. The van der Waals surface area contributed by atoms with E-state index in [1.54, 1.807) is 35.0 Å². The smallest absolute Gasteiger partial charge is 0.367 e. The Kier molecular flexibility index (Phi) is 4.82. The molecule has 0 radical (unpaired) electrons. The minimum absolute atomic E-state index is 0.0375. The summed E-state index contributed by atoms with van der Waals surface area (Å²) in [5, 5.41) is 11.7. The summed E-state index contributed by atoms with van der Waals surface area (Å²) < 4.78 is 43.6. The van der Waals surface area contributed by atoms with Gasteiger partial charge in [-0.15, -0.1) is 0 Å². The molecule has 1 amide bonds. The van der Waals surface area contributed by atoms with Gasteiger partial charge < -0.3 is 10.2 Å². The fourth-order valence-corrected chi connectivity index (χ4v) is 4.14. The number of hydrogen-bond acceptors (Lipinski definition) is 4. The predicted octanol–water partition coefficient (Wildman–Crippen LogP) is 3.19. The number of carbonyl (C=O) groups is 1. The van der Waals surface area contributed by atoms with E-state index in [1.807, 2.05) is 13.8 Å². The highest BCUT2D eigenvalue weighted by Gasteiger charge is 2.47. The summed E-state index contributed by atoms with van der Waals surface area (Å²) in [7, 11) is 1.74. The second-order valence-electron chi connectivity index (χ2n) is 8.30. The van der Waals surface area contributed by atoms with Crippen LogP contribution in [0.4, 0.5) is 19.0 Å². The molecule has 1 saturated heterocycles. The molecule has 1 unspecified atom stereocenters. The largest absolute Gasteiger partial charge is 0.410 e. The lowest BCUT2D eigenvalue weighted by atomic mass is 9.94. The van der Waals surface area contributed by atoms with E-state index in [0.29, 0.717) is 36.7 Å². The summed E-state index contributed by atoms with van der Waals surface area (Å²) in [6, 6.07) is 1.48. The zero-order valence-corrected chi connectivity index (χ0v) is 16.6. The lowest BCUT2D eigenvalue weighted by molar-refractivity contribution is -0.174. The molecule has 2 aliphatic heterocycles. The van der Waals surface area contributed by atoms with Crippen LogP contribution in [0.25, 0.3) is 0 Å². The molecule has 0 aromatic carbocycles. The maximum atomic E-state index is 13.7. The van der Waals surface area contributed by atoms with Gasteiger partial charge in [0.15, 0.2) is 6.04 Å². The fourth-order valence-electron chi connectivity index (χ4n) is 4.14. The van der Waals surface area contributed by atoms with Crippen LogP contribution in [0.3, 0.4) is 0 Å². The number of likely N-dealkylation sites (tertiary alicyclic amines) is 1. The van der Waals surface area contributed by atoms with E-state index in [0.717, 1.165) is 4.68 Å². The summed E-state index contributed by atoms with van der Waals surface area (Å²) in [4.78, 5) is 14.3. The van der Waals surface area contributed by atoms with Crippen molar-refractivity contribution in [3.8, 4) is 0 Å². The number of nitrogens with zero attached hydrogens (tertiary/aromatic N) is 5. The molecule has 10 heteroatoms. The van der Waals surface area contributed by atoms with Gasteiger partial charge in [0.1, 0.15) is 11.5 Å². The second kappa shape index (κ2) is 7.07. The number of carbonyl (C=O) groups excluding carboxylic acids is 1. The van der Waals surface area contributed by atoms with E-state index >= 15 is 0 Å². The number of alkyl halides is 3. The van der Waals surface area contributed by atoms with Crippen molar-refractivity contribution in [3.05, 3.63) is 29.7 Å². The molecule has 2 aromatic rings. The highest BCUT2D eigenvalue weighted by molar-refractivity contribution is 5.92. The number of aromatic nitrogens is 4. The van der Waals surface area contributed by atoms with Crippen molar-refractivity contribution in [1.82, 2.24) is 24.5 Å². The molecule has 2 aromatic heterocycles. The number of hydrogen-bond donors (Lipinski definition) is 1. The van der Waals surface area contributed by atoms with Crippen LogP contribution < -0.4 is 5.32 Å². The molecular formula is C19H25F3N6O. The fraction of sp³-hybridized carbons (Fsp3) is 0.632. The highest BCUT2D eigenvalue weighted by Crippen LogP contribution is 2.42. The molecule has 2 aliphatic rings. The average molecular weight is 410 g/mol. The monoisotopic (exact) mass is 410 g/mol. The van der Waals surface area contributed by atoms with Gasteiger partial charge in [-0.25, -0.2) is 4.68 Å². The van der Waals surface area contributed by atoms with Crippen molar-refractivity contribution in [2.45, 2.75) is 50.9 Å². The predicted molar refractivity (Wildman–Crippen MR) is 101 cm³/mol. The maximum Gasteiger partial charge on any atom is 0.410 e. The Balaban J connectivity index is 1.54. The van der Waals surface area contributed by atoms with Gasteiger partial charge in [0.05, 0.1) is 5.69 Å². The molecule has 0 aliphatic carbocycles. The summed E-state index contributed by atoms with van der Waals surface area (Å²) >= 11 is 0. The normalized spacial score (nSPS) is 24.7. The Hall–Kier alpha value is -2.52. The molecule has 4 rings (SSSR count). The summed E-state index contributed by atoms with van der Waals surface area (Å²) in [5.74, 6) is 0.226. The Bertz CT molecular complexity index is 902. The number of amides is 1. The first kappa shape index (κ1) is 19.8. The molecule has 3 atom stereocenters. The zero-order chi connectivity index (χ0) is 20.9. The minimum Gasteiger partial charge on any atom is -0.367 e. The first-order chi connectivity index (χ1) is 13.6. The van der Waals surface area contributed by atoms with E-state index < -0.39 is 12.2 Å². The van der Waals surface area contributed by atoms with Crippen LogP contribution in [0.15, 0.2) is 18.3 Å². The van der Waals surface area contributed by atoms with Crippen molar-refractivity contribution in [3.63, 3.8) is 0 Å². The first-order valence-electron chi connectivity index (χ1n) is 9.85. The Morgan fingerprint density at radius 1 is 1.31 bits per heavy atom. The third kappa shape index (κ3) is 3.72. The lowest BCUT2D eigenvalue weighted by Crippen LogP contribution is -2.41. The zero-order valence-electron chi connectivity index (χ0n) is 16.6. The third-order valence-electron chi connectivity index (χ3n) is 5.87. The molecule has 0 saturated carbocycles. The molecule has 0 spiro atoms. The van der Waals surface area contributed by atoms with E-state index in [2.05, 4.69) is 15.5 Å². The number of aryl methyl sites for hydroxylation is 1. The summed E-state index contributed by atoms with van der Waals surface area (Å²) in [5.41, 5.74) is 0.971. The number of rotatable bonds is 3. The van der Waals surface area contributed by atoms with Gasteiger partial charge in [0.25, 0.3) is 5.91 Å². The summed E-state index contributed by atoms with van der Waals surface area (Å²) in [6.45, 7) is 4.79. The van der Waals surface area contributed by atoms with E-state index in [-0.39, 0.29) is 30.2 Å². The van der Waals surface area contributed by atoms with Gasteiger partial charge in [-0.2, -0.15) is 23.4 Å². The SMILES string of the molecule is CC(C)[C@@H]1C[C@H](C(F)(F)F)n2nc(C3CCN(C(=O)c4ccn(C)n4)C3)cc2N1. The van der Waals surface area contributed by atoms with Crippen molar-refractivity contribution in [1.29, 1.82) is 0 Å². The van der Waals surface area contributed by atoms with Crippen LogP contribution in [-0.2, 0) is 7.05 Å². The van der Waals surface area contributed by atoms with Gasteiger partial charge in [-0.1, -0.05) is 13.8 Å². The van der Waals surface area contributed by atoms with Crippen LogP contribution >= 0.6 is 0 Å². The molecule has 29 heavy (non-hydrogen) atoms. The lowest BCUT2D eigenvalue weighted by Gasteiger charge is -2.35. The van der Waals surface area contributed by atoms with Crippen molar-refractivity contribution in [2.24, 2.45) is 13.0 Å². The van der Waals surface area contributed by atoms with Gasteiger partial charge in [0.2, 0.25) is 0 Å². The Labute approximate surface area is 166 Å². The second-order valence-corrected chi connectivity index (χ2v) is 8.30. The Morgan fingerprint density at radius 3 is 2.69 bits per heavy atom. The van der Waals surface area contributed by atoms with Gasteiger partial charge in [-0.05, 0) is 24.8 Å². The molecule has 7 nitrogen and oxygen atoms in total. The van der Waals surface area contributed by atoms with Gasteiger partial charge in [0, 0.05) is 44.4 Å². The summed E-state index contributed by atoms with van der Waals surface area (Å²) in [6.07, 6.45) is -2.02. The molecule has 0 bridgehead atoms. The van der Waals surface area contributed by atoms with Crippen molar-refractivity contribution < 1.29 is 18.0 Å². The van der Waals surface area contributed by atoms with Crippen LogP contribution in [0.2, 0.25) is 0 Å². The van der Waals surface area contributed by atoms with E-state index in [4.69, 9.17) is 0 Å². The first-order valence-corrected chi connectivity index (χ1v) is 9.85. The molecule has 1 fully saturated rings. The van der Waals surface area contributed by atoms with Crippen molar-refractivity contribution >= 4 is 11.7 Å². The topological polar surface area (TPSA) is 68.0 Å². The standard InChI is InChI=1S/C19H25F3N6O/c1-11(2)14-8-16(19(20,21)22)28-17(23-14)9-15(25-28)12-4-7-27(10-12)18(29)13-5-6-26(3)24-13/h5-6,9,11-12,14,16,23H,4,7-8,10H2,1-3H3/t12?,14-,16+/m0/s1. The Morgan fingerprint density at radius 2 is 2.07 bits per heavy atom. The van der Waals surface area contributed by atoms with E-state index in [9.17, 15) is 18.0 Å². The van der Waals surface area contributed by atoms with Crippen LogP contribution in [-0.4, -0.2) is 55.7 Å². The average Bonchev–Trinajstić information content (AvgIpc) is 3.37. The molecule has 4 heterocycles. The number of halogens is 3. The van der Waals surface area contributed by atoms with E-state index in [1.165, 1.54) is 0 Å².